The van der Waals surface area contributed by atoms with Gasteiger partial charge in [0, 0.05) is 0 Å². The van der Waals surface area contributed by atoms with Crippen LogP contribution in [-0.4, -0.2) is 25.2 Å². The lowest BCUT2D eigenvalue weighted by molar-refractivity contribution is 0.0909. The summed E-state index contributed by atoms with van der Waals surface area (Å²) in [4.78, 5) is 22.9. The van der Waals surface area contributed by atoms with Crippen LogP contribution in [0.4, 0.5) is 4.79 Å². The molecule has 0 saturated carbocycles. The number of benzene rings is 1. The number of rotatable bonds is 5. The molecule has 0 saturated heterocycles. The second kappa shape index (κ2) is 7.75. The first-order chi connectivity index (χ1) is 9.19. The summed E-state index contributed by atoms with van der Waals surface area (Å²) in [5.41, 5.74) is 4.67. The standard InChI is InChI=1S/C13H16N2O4/c1-3-9-19-11-8-6-5-7-10(11)12(16)14-15-13(17)18-4-2/h3,5-8H,1,4,9H2,2H3,(H,14,16)(H,15,17). The molecule has 0 aliphatic heterocycles. The molecule has 2 N–H and O–H groups in total. The summed E-state index contributed by atoms with van der Waals surface area (Å²) >= 11 is 0. The number of carbonyl (C=O) groups excluding carboxylic acids is 2. The predicted molar refractivity (Wildman–Crippen MR) is 69.8 cm³/mol. The molecule has 19 heavy (non-hydrogen) atoms. The Kier molecular flexibility index (Phi) is 5.94. The van der Waals surface area contributed by atoms with Gasteiger partial charge in [-0.3, -0.25) is 10.2 Å². The van der Waals surface area contributed by atoms with Crippen LogP contribution in [0.5, 0.6) is 5.75 Å². The Labute approximate surface area is 111 Å². The summed E-state index contributed by atoms with van der Waals surface area (Å²) in [6, 6.07) is 6.68. The van der Waals surface area contributed by atoms with E-state index in [4.69, 9.17) is 4.74 Å². The van der Waals surface area contributed by atoms with Crippen LogP contribution in [0.1, 0.15) is 17.3 Å². The fourth-order valence-corrected chi connectivity index (χ4v) is 1.27. The van der Waals surface area contributed by atoms with E-state index in [9.17, 15) is 9.59 Å². The second-order valence-corrected chi connectivity index (χ2v) is 3.40. The molecule has 1 aromatic rings. The minimum absolute atomic E-state index is 0.223. The number of hydrogen-bond acceptors (Lipinski definition) is 4. The van der Waals surface area contributed by atoms with E-state index >= 15 is 0 Å². The van der Waals surface area contributed by atoms with Crippen LogP contribution in [0.15, 0.2) is 36.9 Å². The molecule has 0 bridgehead atoms. The van der Waals surface area contributed by atoms with Gasteiger partial charge in [-0.15, -0.1) is 0 Å². The van der Waals surface area contributed by atoms with Gasteiger partial charge in [0.25, 0.3) is 5.91 Å². The first-order valence-corrected chi connectivity index (χ1v) is 5.74. The lowest BCUT2D eigenvalue weighted by atomic mass is 10.2. The third-order valence-corrected chi connectivity index (χ3v) is 2.04. The van der Waals surface area contributed by atoms with Crippen LogP contribution in [0, 0.1) is 0 Å². The fourth-order valence-electron chi connectivity index (χ4n) is 1.27. The first kappa shape index (κ1) is 14.6. The third kappa shape index (κ3) is 4.71. The number of ether oxygens (including phenoxy) is 2. The molecule has 6 heteroatoms. The van der Waals surface area contributed by atoms with Crippen molar-refractivity contribution in [3.8, 4) is 5.75 Å². The average molecular weight is 264 g/mol. The van der Waals surface area contributed by atoms with Gasteiger partial charge in [0.15, 0.2) is 0 Å². The van der Waals surface area contributed by atoms with E-state index in [1.165, 1.54) is 0 Å². The lowest BCUT2D eigenvalue weighted by Gasteiger charge is -2.11. The minimum atomic E-state index is -0.722. The Hall–Kier alpha value is -2.50. The summed E-state index contributed by atoms with van der Waals surface area (Å²) in [6.45, 7) is 5.71. The van der Waals surface area contributed by atoms with Gasteiger partial charge in [-0.25, -0.2) is 10.2 Å². The molecule has 0 aliphatic rings. The van der Waals surface area contributed by atoms with Gasteiger partial charge in [0.05, 0.1) is 12.2 Å². The molecule has 0 atom stereocenters. The number of hydrogen-bond donors (Lipinski definition) is 2. The quantitative estimate of drug-likeness (QED) is 0.626. The smallest absolute Gasteiger partial charge is 0.426 e. The molecule has 2 amide bonds. The number of para-hydroxylation sites is 1. The molecule has 0 aromatic heterocycles. The van der Waals surface area contributed by atoms with Crippen molar-refractivity contribution in [1.29, 1.82) is 0 Å². The highest BCUT2D eigenvalue weighted by molar-refractivity contribution is 5.97. The molecular weight excluding hydrogens is 248 g/mol. The molecule has 0 heterocycles. The summed E-state index contributed by atoms with van der Waals surface area (Å²) in [6.07, 6.45) is 0.853. The summed E-state index contributed by atoms with van der Waals surface area (Å²) in [5, 5.41) is 0. The third-order valence-electron chi connectivity index (χ3n) is 2.04. The highest BCUT2D eigenvalue weighted by Crippen LogP contribution is 2.17. The van der Waals surface area contributed by atoms with Crippen molar-refractivity contribution in [3.05, 3.63) is 42.5 Å². The molecule has 6 nitrogen and oxygen atoms in total. The summed E-state index contributed by atoms with van der Waals surface area (Å²) < 4.78 is 9.95. The van der Waals surface area contributed by atoms with Crippen molar-refractivity contribution in [3.63, 3.8) is 0 Å². The van der Waals surface area contributed by atoms with Gasteiger partial charge in [-0.05, 0) is 19.1 Å². The molecular formula is C13H16N2O4. The number of hydrazine groups is 1. The molecule has 0 aliphatic carbocycles. The summed E-state index contributed by atoms with van der Waals surface area (Å²) in [7, 11) is 0. The minimum Gasteiger partial charge on any atom is -0.489 e. The van der Waals surface area contributed by atoms with Crippen LogP contribution in [0.25, 0.3) is 0 Å². The van der Waals surface area contributed by atoms with Gasteiger partial charge in [0.2, 0.25) is 0 Å². The maximum Gasteiger partial charge on any atom is 0.426 e. The van der Waals surface area contributed by atoms with Crippen LogP contribution in [0.3, 0.4) is 0 Å². The number of carbonyl (C=O) groups is 2. The van der Waals surface area contributed by atoms with E-state index in [2.05, 4.69) is 22.2 Å². The molecule has 1 rings (SSSR count). The SMILES string of the molecule is C=CCOc1ccccc1C(=O)NNC(=O)OCC. The number of amides is 2. The van der Waals surface area contributed by atoms with Crippen molar-refractivity contribution in [1.82, 2.24) is 10.9 Å². The Bertz CT molecular complexity index is 460. The van der Waals surface area contributed by atoms with E-state index in [0.29, 0.717) is 11.3 Å². The number of nitrogens with one attached hydrogen (secondary N) is 2. The zero-order chi connectivity index (χ0) is 14.1. The predicted octanol–water partition coefficient (Wildman–Crippen LogP) is 1.64. The molecule has 0 unspecified atom stereocenters. The van der Waals surface area contributed by atoms with Crippen molar-refractivity contribution in [2.45, 2.75) is 6.92 Å². The van der Waals surface area contributed by atoms with E-state index in [1.54, 1.807) is 37.3 Å². The van der Waals surface area contributed by atoms with Crippen molar-refractivity contribution in [2.75, 3.05) is 13.2 Å². The Morgan fingerprint density at radius 3 is 2.74 bits per heavy atom. The topological polar surface area (TPSA) is 76.7 Å². The molecule has 102 valence electrons. The molecule has 0 radical (unpaired) electrons. The van der Waals surface area contributed by atoms with Gasteiger partial charge < -0.3 is 9.47 Å². The summed E-state index contributed by atoms with van der Waals surface area (Å²) in [5.74, 6) is -0.0849. The van der Waals surface area contributed by atoms with E-state index < -0.39 is 12.0 Å². The fraction of sp³-hybridized carbons (Fsp3) is 0.231. The largest absolute Gasteiger partial charge is 0.489 e. The molecule has 0 fully saturated rings. The van der Waals surface area contributed by atoms with E-state index in [0.717, 1.165) is 0 Å². The normalized spacial score (nSPS) is 9.32. The monoisotopic (exact) mass is 264 g/mol. The zero-order valence-corrected chi connectivity index (χ0v) is 10.6. The first-order valence-electron chi connectivity index (χ1n) is 5.74. The van der Waals surface area contributed by atoms with Crippen LogP contribution < -0.4 is 15.6 Å². The highest BCUT2D eigenvalue weighted by Gasteiger charge is 2.12. The van der Waals surface area contributed by atoms with Gasteiger partial charge in [-0.2, -0.15) is 0 Å². The van der Waals surface area contributed by atoms with E-state index in [1.807, 2.05) is 0 Å². The van der Waals surface area contributed by atoms with Crippen molar-refractivity contribution >= 4 is 12.0 Å². The average Bonchev–Trinajstić information content (AvgIpc) is 2.43. The lowest BCUT2D eigenvalue weighted by Crippen LogP contribution is -2.42. The van der Waals surface area contributed by atoms with Crippen molar-refractivity contribution in [2.24, 2.45) is 0 Å². The Morgan fingerprint density at radius 1 is 1.32 bits per heavy atom. The zero-order valence-electron chi connectivity index (χ0n) is 10.6. The van der Waals surface area contributed by atoms with Crippen LogP contribution in [0.2, 0.25) is 0 Å². The van der Waals surface area contributed by atoms with Gasteiger partial charge in [-0.1, -0.05) is 24.8 Å². The second-order valence-electron chi connectivity index (χ2n) is 3.40. The van der Waals surface area contributed by atoms with Gasteiger partial charge >= 0.3 is 6.09 Å². The van der Waals surface area contributed by atoms with Gasteiger partial charge in [0.1, 0.15) is 12.4 Å². The van der Waals surface area contributed by atoms with Crippen LogP contribution >= 0.6 is 0 Å². The molecule has 1 aromatic carbocycles. The van der Waals surface area contributed by atoms with Crippen LogP contribution in [-0.2, 0) is 4.74 Å². The van der Waals surface area contributed by atoms with E-state index in [-0.39, 0.29) is 13.2 Å². The Balaban J connectivity index is 2.65. The molecule has 0 spiro atoms. The Morgan fingerprint density at radius 2 is 2.05 bits per heavy atom. The highest BCUT2D eigenvalue weighted by atomic mass is 16.6. The maximum atomic E-state index is 11.9. The van der Waals surface area contributed by atoms with Crippen molar-refractivity contribution < 1.29 is 19.1 Å². The maximum absolute atomic E-state index is 11.9.